The molecule has 0 aliphatic heterocycles. The number of nitrogens with one attached hydrogen (secondary N) is 1. The van der Waals surface area contributed by atoms with Gasteiger partial charge in [-0.05, 0) is 35.4 Å². The van der Waals surface area contributed by atoms with Gasteiger partial charge >= 0.3 is 0 Å². The highest BCUT2D eigenvalue weighted by molar-refractivity contribution is 5.80. The Labute approximate surface area is 123 Å². The number of aromatic amines is 1. The number of hydrogen-bond donors (Lipinski definition) is 1. The molecule has 3 rings (SSSR count). The minimum atomic E-state index is 0.776. The predicted octanol–water partition coefficient (Wildman–Crippen LogP) is 3.75. The molecule has 21 heavy (non-hydrogen) atoms. The predicted molar refractivity (Wildman–Crippen MR) is 84.6 cm³/mol. The third-order valence-electron chi connectivity index (χ3n) is 3.29. The van der Waals surface area contributed by atoms with E-state index in [2.05, 4.69) is 22.1 Å². The van der Waals surface area contributed by atoms with Gasteiger partial charge in [-0.3, -0.25) is 0 Å². The van der Waals surface area contributed by atoms with Crippen LogP contribution in [0.3, 0.4) is 0 Å². The molecule has 0 atom stereocenters. The summed E-state index contributed by atoms with van der Waals surface area (Å²) in [5.41, 5.74) is 4.13. The van der Waals surface area contributed by atoms with Crippen LogP contribution in [-0.4, -0.2) is 24.2 Å². The van der Waals surface area contributed by atoms with Gasteiger partial charge in [0.2, 0.25) is 0 Å². The molecular formula is C17H16N2O2. The van der Waals surface area contributed by atoms with Crippen LogP contribution in [0.4, 0.5) is 0 Å². The van der Waals surface area contributed by atoms with Crippen LogP contribution in [0, 0.1) is 0 Å². The molecule has 0 radical (unpaired) electrons. The van der Waals surface area contributed by atoms with Gasteiger partial charge in [0.15, 0.2) is 0 Å². The normalized spacial score (nSPS) is 11.1. The number of benzene rings is 2. The van der Waals surface area contributed by atoms with Crippen LogP contribution >= 0.6 is 0 Å². The molecule has 1 aromatic heterocycles. The van der Waals surface area contributed by atoms with Gasteiger partial charge in [-0.1, -0.05) is 18.2 Å². The zero-order valence-corrected chi connectivity index (χ0v) is 12.0. The lowest BCUT2D eigenvalue weighted by Crippen LogP contribution is -1.88. The number of imidazole rings is 1. The van der Waals surface area contributed by atoms with Gasteiger partial charge < -0.3 is 14.5 Å². The first-order valence-electron chi connectivity index (χ1n) is 6.63. The second-order valence-electron chi connectivity index (χ2n) is 4.66. The first kappa shape index (κ1) is 13.2. The number of aromatic nitrogens is 2. The lowest BCUT2D eigenvalue weighted by molar-refractivity contribution is 0.394. The molecule has 0 amide bonds. The van der Waals surface area contributed by atoms with Crippen molar-refractivity contribution in [3.8, 4) is 11.5 Å². The van der Waals surface area contributed by atoms with Crippen molar-refractivity contribution in [1.82, 2.24) is 9.97 Å². The van der Waals surface area contributed by atoms with Crippen molar-refractivity contribution in [3.05, 3.63) is 53.9 Å². The molecule has 3 aromatic rings. The molecule has 0 aliphatic rings. The third-order valence-corrected chi connectivity index (χ3v) is 3.29. The summed E-state index contributed by atoms with van der Waals surface area (Å²) in [4.78, 5) is 7.32. The molecule has 0 spiro atoms. The molecule has 4 heteroatoms. The minimum absolute atomic E-state index is 0.776. The third kappa shape index (κ3) is 2.89. The lowest BCUT2D eigenvalue weighted by atomic mass is 10.1. The molecule has 0 unspecified atom stereocenters. The monoisotopic (exact) mass is 280 g/mol. The Bertz CT molecular complexity index is 768. The molecule has 0 bridgehead atoms. The zero-order chi connectivity index (χ0) is 14.7. The molecule has 0 fully saturated rings. The summed E-state index contributed by atoms with van der Waals surface area (Å²) in [5, 5.41) is 0. The summed E-state index contributed by atoms with van der Waals surface area (Å²) in [7, 11) is 3.29. The molecular weight excluding hydrogens is 264 g/mol. The Hall–Kier alpha value is -2.75. The Morgan fingerprint density at radius 3 is 2.33 bits per heavy atom. The Morgan fingerprint density at radius 2 is 1.62 bits per heavy atom. The molecule has 0 saturated carbocycles. The summed E-state index contributed by atoms with van der Waals surface area (Å²) in [6.45, 7) is 0. The summed E-state index contributed by atoms with van der Waals surface area (Å²) in [5.74, 6) is 1.55. The highest BCUT2D eigenvalue weighted by Gasteiger charge is 2.00. The Kier molecular flexibility index (Phi) is 3.60. The number of hydrogen-bond acceptors (Lipinski definition) is 3. The van der Waals surface area contributed by atoms with Crippen LogP contribution in [0.2, 0.25) is 0 Å². The molecule has 1 heterocycles. The molecule has 0 saturated heterocycles. The van der Waals surface area contributed by atoms with Gasteiger partial charge in [0.1, 0.15) is 11.5 Å². The maximum Gasteiger partial charge on any atom is 0.123 e. The van der Waals surface area contributed by atoms with Crippen LogP contribution in [0.15, 0.2) is 42.7 Å². The van der Waals surface area contributed by atoms with E-state index in [0.717, 1.165) is 33.7 Å². The van der Waals surface area contributed by atoms with Crippen molar-refractivity contribution in [2.75, 3.05) is 14.2 Å². The van der Waals surface area contributed by atoms with Crippen LogP contribution in [0.25, 0.3) is 23.2 Å². The average Bonchev–Trinajstić information content (AvgIpc) is 3.00. The lowest BCUT2D eigenvalue weighted by Gasteiger charge is -2.05. The number of fused-ring (bicyclic) bond motifs is 1. The standard InChI is InChI=1S/C17H16N2O2/c1-20-14-7-13(8-15(10-14)21-2)4-3-12-5-6-16-17(9-12)19-11-18-16/h3-11H,1-2H3,(H,18,19). The molecule has 1 N–H and O–H groups in total. The van der Waals surface area contributed by atoms with Gasteiger partial charge in [-0.2, -0.15) is 0 Å². The van der Waals surface area contributed by atoms with E-state index in [1.165, 1.54) is 0 Å². The van der Waals surface area contributed by atoms with E-state index in [9.17, 15) is 0 Å². The quantitative estimate of drug-likeness (QED) is 0.740. The number of methoxy groups -OCH3 is 2. The Balaban J connectivity index is 1.90. The highest BCUT2D eigenvalue weighted by Crippen LogP contribution is 2.24. The van der Waals surface area contributed by atoms with Crippen LogP contribution in [-0.2, 0) is 0 Å². The molecule has 4 nitrogen and oxygen atoms in total. The van der Waals surface area contributed by atoms with E-state index in [1.54, 1.807) is 20.5 Å². The maximum absolute atomic E-state index is 5.27. The first-order valence-corrected chi connectivity index (χ1v) is 6.63. The number of H-pyrrole nitrogens is 1. The summed E-state index contributed by atoms with van der Waals surface area (Å²) in [6, 6.07) is 11.9. The smallest absolute Gasteiger partial charge is 0.123 e. The van der Waals surface area contributed by atoms with Crippen molar-refractivity contribution in [1.29, 1.82) is 0 Å². The largest absolute Gasteiger partial charge is 0.497 e. The van der Waals surface area contributed by atoms with Gasteiger partial charge in [0.05, 0.1) is 31.6 Å². The fourth-order valence-corrected chi connectivity index (χ4v) is 2.17. The van der Waals surface area contributed by atoms with Crippen LogP contribution in [0.1, 0.15) is 11.1 Å². The van der Waals surface area contributed by atoms with Crippen LogP contribution in [0.5, 0.6) is 11.5 Å². The van der Waals surface area contributed by atoms with E-state index in [0.29, 0.717) is 0 Å². The fraction of sp³-hybridized carbons (Fsp3) is 0.118. The first-order chi connectivity index (χ1) is 10.3. The molecule has 2 aromatic carbocycles. The van der Waals surface area contributed by atoms with E-state index < -0.39 is 0 Å². The maximum atomic E-state index is 5.27. The van der Waals surface area contributed by atoms with Crippen LogP contribution < -0.4 is 9.47 Å². The topological polar surface area (TPSA) is 47.1 Å². The second-order valence-corrected chi connectivity index (χ2v) is 4.66. The van der Waals surface area contributed by atoms with E-state index >= 15 is 0 Å². The van der Waals surface area contributed by atoms with Gasteiger partial charge in [-0.15, -0.1) is 0 Å². The number of ether oxygens (including phenoxy) is 2. The number of rotatable bonds is 4. The van der Waals surface area contributed by atoms with E-state index in [-0.39, 0.29) is 0 Å². The SMILES string of the molecule is COc1cc(C=Cc2ccc3nc[nH]c3c2)cc(OC)c1. The van der Waals surface area contributed by atoms with E-state index in [4.69, 9.17) is 9.47 Å². The van der Waals surface area contributed by atoms with Gasteiger partial charge in [0, 0.05) is 6.07 Å². The average molecular weight is 280 g/mol. The van der Waals surface area contributed by atoms with Crippen molar-refractivity contribution in [2.45, 2.75) is 0 Å². The van der Waals surface area contributed by atoms with Crippen molar-refractivity contribution in [2.24, 2.45) is 0 Å². The second kappa shape index (κ2) is 5.71. The number of nitrogens with zero attached hydrogens (tertiary/aromatic N) is 1. The highest BCUT2D eigenvalue weighted by atomic mass is 16.5. The minimum Gasteiger partial charge on any atom is -0.497 e. The van der Waals surface area contributed by atoms with Gasteiger partial charge in [-0.25, -0.2) is 4.98 Å². The Morgan fingerprint density at radius 1 is 0.905 bits per heavy atom. The van der Waals surface area contributed by atoms with Crippen molar-refractivity contribution in [3.63, 3.8) is 0 Å². The molecule has 0 aliphatic carbocycles. The zero-order valence-electron chi connectivity index (χ0n) is 12.0. The van der Waals surface area contributed by atoms with Gasteiger partial charge in [0.25, 0.3) is 0 Å². The van der Waals surface area contributed by atoms with E-state index in [1.807, 2.05) is 36.4 Å². The van der Waals surface area contributed by atoms with Crippen molar-refractivity contribution < 1.29 is 9.47 Å². The summed E-state index contributed by atoms with van der Waals surface area (Å²) in [6.07, 6.45) is 5.78. The molecule has 106 valence electrons. The van der Waals surface area contributed by atoms with Crippen molar-refractivity contribution >= 4 is 23.2 Å². The fourth-order valence-electron chi connectivity index (χ4n) is 2.17. The summed E-state index contributed by atoms with van der Waals surface area (Å²) < 4.78 is 10.5. The summed E-state index contributed by atoms with van der Waals surface area (Å²) >= 11 is 0.